The number of rotatable bonds is 4. The van der Waals surface area contributed by atoms with Crippen molar-refractivity contribution in [2.75, 3.05) is 0 Å². The molecule has 4 aromatic rings. The zero-order valence-corrected chi connectivity index (χ0v) is 17.9. The Hall–Kier alpha value is -3.79. The van der Waals surface area contributed by atoms with Gasteiger partial charge in [-0.2, -0.15) is 0 Å². The molecular weight excluding hydrogens is 388 g/mol. The molecule has 0 aliphatic rings. The molecule has 3 aromatic carbocycles. The van der Waals surface area contributed by atoms with Crippen LogP contribution < -0.4 is 5.63 Å². The molecule has 0 radical (unpaired) electrons. The van der Waals surface area contributed by atoms with Crippen molar-refractivity contribution in [3.8, 4) is 0 Å². The largest absolute Gasteiger partial charge is 0.422 e. The summed E-state index contributed by atoms with van der Waals surface area (Å²) < 4.78 is 5.59. The summed E-state index contributed by atoms with van der Waals surface area (Å²) in [7, 11) is 0. The minimum Gasteiger partial charge on any atom is -0.422 e. The van der Waals surface area contributed by atoms with Crippen LogP contribution in [0.3, 0.4) is 0 Å². The summed E-state index contributed by atoms with van der Waals surface area (Å²) in [6, 6.07) is 17.9. The fraction of sp³-hybridized carbons (Fsp3) is 0.148. The van der Waals surface area contributed by atoms with E-state index in [1.807, 2.05) is 45.0 Å². The Labute approximate surface area is 180 Å². The van der Waals surface area contributed by atoms with Gasteiger partial charge in [0, 0.05) is 16.5 Å². The van der Waals surface area contributed by atoms with Crippen LogP contribution in [0.4, 0.5) is 0 Å². The molecule has 4 heteroatoms. The quantitative estimate of drug-likeness (QED) is 0.330. The number of aryl methyl sites for hydroxylation is 4. The second kappa shape index (κ2) is 7.80. The zero-order valence-electron chi connectivity index (χ0n) is 17.9. The molecule has 154 valence electrons. The lowest BCUT2D eigenvalue weighted by atomic mass is 9.88. The second-order valence-corrected chi connectivity index (χ2v) is 7.89. The molecule has 0 amide bonds. The number of carbonyl (C=O) groups excluding carboxylic acids is 2. The first kappa shape index (κ1) is 20.5. The van der Waals surface area contributed by atoms with Crippen LogP contribution in [0.15, 0.2) is 69.9 Å². The molecule has 4 rings (SSSR count). The third kappa shape index (κ3) is 3.50. The highest BCUT2D eigenvalue weighted by Crippen LogP contribution is 2.29. The van der Waals surface area contributed by atoms with Crippen LogP contribution in [-0.4, -0.2) is 11.6 Å². The maximum Gasteiger partial charge on any atom is 0.348 e. The molecule has 4 nitrogen and oxygen atoms in total. The first-order valence-electron chi connectivity index (χ1n) is 10.1. The lowest BCUT2D eigenvalue weighted by Crippen LogP contribution is -2.23. The summed E-state index contributed by atoms with van der Waals surface area (Å²) >= 11 is 0. The summed E-state index contributed by atoms with van der Waals surface area (Å²) in [6.45, 7) is 7.36. The molecule has 0 unspecified atom stereocenters. The van der Waals surface area contributed by atoms with Gasteiger partial charge in [0.2, 0.25) is 5.78 Å². The van der Waals surface area contributed by atoms with Crippen LogP contribution in [-0.2, 0) is 0 Å². The van der Waals surface area contributed by atoms with Crippen LogP contribution in [0, 0.1) is 27.7 Å². The molecule has 1 heterocycles. The molecular formula is C27H22O4. The molecule has 0 spiro atoms. The van der Waals surface area contributed by atoms with Crippen LogP contribution >= 0.6 is 0 Å². The molecule has 0 bridgehead atoms. The monoisotopic (exact) mass is 410 g/mol. The van der Waals surface area contributed by atoms with Crippen molar-refractivity contribution in [2.45, 2.75) is 27.7 Å². The maximum atomic E-state index is 13.8. The number of fused-ring (bicyclic) bond motifs is 1. The molecule has 0 fully saturated rings. The molecule has 0 aliphatic heterocycles. The van der Waals surface area contributed by atoms with E-state index in [4.69, 9.17) is 4.42 Å². The highest BCUT2D eigenvalue weighted by atomic mass is 16.4. The predicted molar refractivity (Wildman–Crippen MR) is 121 cm³/mol. The normalized spacial score (nSPS) is 11.0. The van der Waals surface area contributed by atoms with E-state index < -0.39 is 11.4 Å². The minimum absolute atomic E-state index is 0.0978. The number of hydrogen-bond donors (Lipinski definition) is 0. The fourth-order valence-electron chi connectivity index (χ4n) is 4.02. The number of benzene rings is 3. The van der Waals surface area contributed by atoms with Crippen LogP contribution in [0.2, 0.25) is 0 Å². The van der Waals surface area contributed by atoms with Crippen molar-refractivity contribution >= 4 is 22.5 Å². The third-order valence-corrected chi connectivity index (χ3v) is 5.57. The standard InChI is InChI=1S/C27H22O4/c1-15-13-18(4)26-21(14-15)22(24(28)19-11-7-5-9-16(19)2)23(27(30)31-26)25(29)20-12-8-6-10-17(20)3/h5-14H,1-4H3. The van der Waals surface area contributed by atoms with Gasteiger partial charge in [-0.15, -0.1) is 0 Å². The fourth-order valence-corrected chi connectivity index (χ4v) is 4.02. The highest BCUT2D eigenvalue weighted by Gasteiger charge is 2.29. The van der Waals surface area contributed by atoms with Crippen molar-refractivity contribution in [2.24, 2.45) is 0 Å². The Morgan fingerprint density at radius 1 is 0.677 bits per heavy atom. The summed E-state index contributed by atoms with van der Waals surface area (Å²) in [5.41, 5.74) is 3.37. The predicted octanol–water partition coefficient (Wildman–Crippen LogP) is 5.49. The van der Waals surface area contributed by atoms with Gasteiger partial charge >= 0.3 is 5.63 Å². The average Bonchev–Trinajstić information content (AvgIpc) is 2.73. The van der Waals surface area contributed by atoms with Gasteiger partial charge in [0.1, 0.15) is 11.1 Å². The van der Waals surface area contributed by atoms with Crippen molar-refractivity contribution in [1.29, 1.82) is 0 Å². The summed E-state index contributed by atoms with van der Waals surface area (Å²) in [6.07, 6.45) is 0. The van der Waals surface area contributed by atoms with Crippen LogP contribution in [0.25, 0.3) is 11.0 Å². The van der Waals surface area contributed by atoms with Gasteiger partial charge in [0.25, 0.3) is 0 Å². The second-order valence-electron chi connectivity index (χ2n) is 7.89. The van der Waals surface area contributed by atoms with E-state index >= 15 is 0 Å². The summed E-state index contributed by atoms with van der Waals surface area (Å²) in [5, 5.41) is 0.474. The van der Waals surface area contributed by atoms with E-state index in [1.54, 1.807) is 43.3 Å². The molecule has 31 heavy (non-hydrogen) atoms. The van der Waals surface area contributed by atoms with Crippen LogP contribution in [0.1, 0.15) is 54.1 Å². The number of ketones is 2. The van der Waals surface area contributed by atoms with Gasteiger partial charge < -0.3 is 4.42 Å². The van der Waals surface area contributed by atoms with E-state index in [9.17, 15) is 14.4 Å². The highest BCUT2D eigenvalue weighted by molar-refractivity contribution is 6.24. The maximum absolute atomic E-state index is 13.8. The van der Waals surface area contributed by atoms with E-state index in [-0.39, 0.29) is 16.9 Å². The molecule has 0 atom stereocenters. The lowest BCUT2D eigenvalue weighted by Gasteiger charge is -2.14. The smallest absolute Gasteiger partial charge is 0.348 e. The van der Waals surface area contributed by atoms with Gasteiger partial charge in [-0.05, 0) is 56.0 Å². The van der Waals surface area contributed by atoms with Gasteiger partial charge in [-0.3, -0.25) is 9.59 Å². The first-order valence-corrected chi connectivity index (χ1v) is 10.1. The van der Waals surface area contributed by atoms with Gasteiger partial charge in [-0.25, -0.2) is 4.79 Å². The Kier molecular flexibility index (Phi) is 5.15. The lowest BCUT2D eigenvalue weighted by molar-refractivity contribution is 0.100. The average molecular weight is 410 g/mol. The minimum atomic E-state index is -0.801. The van der Waals surface area contributed by atoms with Gasteiger partial charge in [0.15, 0.2) is 5.78 Å². The van der Waals surface area contributed by atoms with Crippen molar-refractivity contribution in [3.05, 3.63) is 116 Å². The van der Waals surface area contributed by atoms with Crippen molar-refractivity contribution in [1.82, 2.24) is 0 Å². The van der Waals surface area contributed by atoms with E-state index in [1.165, 1.54) is 0 Å². The van der Waals surface area contributed by atoms with Crippen LogP contribution in [0.5, 0.6) is 0 Å². The Morgan fingerprint density at radius 3 is 1.74 bits per heavy atom. The summed E-state index contributed by atoms with van der Waals surface area (Å²) in [5.74, 6) is -0.872. The molecule has 1 aromatic heterocycles. The van der Waals surface area contributed by atoms with Gasteiger partial charge in [-0.1, -0.05) is 54.6 Å². The Balaban J connectivity index is 2.13. The zero-order chi connectivity index (χ0) is 22.3. The molecule has 0 N–H and O–H groups in total. The molecule has 0 aliphatic carbocycles. The Bertz CT molecular complexity index is 1420. The number of carbonyl (C=O) groups is 2. The van der Waals surface area contributed by atoms with Crippen molar-refractivity contribution in [3.63, 3.8) is 0 Å². The van der Waals surface area contributed by atoms with E-state index in [0.29, 0.717) is 22.1 Å². The third-order valence-electron chi connectivity index (χ3n) is 5.57. The molecule has 0 saturated carbocycles. The molecule has 0 saturated heterocycles. The van der Waals surface area contributed by atoms with E-state index in [0.717, 1.165) is 22.3 Å². The summed E-state index contributed by atoms with van der Waals surface area (Å²) in [4.78, 5) is 40.4. The Morgan fingerprint density at radius 2 is 1.19 bits per heavy atom. The number of hydrogen-bond acceptors (Lipinski definition) is 4. The SMILES string of the molecule is Cc1cc(C)c2oc(=O)c(C(=O)c3ccccc3C)c(C(=O)c3ccccc3C)c2c1. The topological polar surface area (TPSA) is 64.3 Å². The van der Waals surface area contributed by atoms with Crippen molar-refractivity contribution < 1.29 is 14.0 Å². The van der Waals surface area contributed by atoms with Gasteiger partial charge in [0.05, 0.1) is 5.56 Å². The van der Waals surface area contributed by atoms with E-state index in [2.05, 4.69) is 0 Å². The first-order chi connectivity index (χ1) is 14.8.